The van der Waals surface area contributed by atoms with Crippen molar-refractivity contribution in [3.05, 3.63) is 46.3 Å². The molecular formula is C22H28N4O5. The van der Waals surface area contributed by atoms with Crippen molar-refractivity contribution >= 4 is 17.4 Å². The maximum atomic E-state index is 13.1. The van der Waals surface area contributed by atoms with Crippen LogP contribution in [0, 0.1) is 13.8 Å². The number of ether oxygens (including phenoxy) is 2. The number of hydrogen-bond acceptors (Lipinski definition) is 7. The van der Waals surface area contributed by atoms with Gasteiger partial charge in [-0.3, -0.25) is 14.7 Å². The predicted octanol–water partition coefficient (Wildman–Crippen LogP) is 2.03. The van der Waals surface area contributed by atoms with Crippen LogP contribution in [0.5, 0.6) is 11.5 Å². The molecule has 2 heterocycles. The van der Waals surface area contributed by atoms with Crippen LogP contribution in [-0.2, 0) is 9.59 Å². The number of nitrogens with zero attached hydrogens (tertiary/aromatic N) is 3. The number of aryl methyl sites for hydroxylation is 2. The molecule has 1 amide bonds. The molecule has 31 heavy (non-hydrogen) atoms. The number of rotatable bonds is 7. The number of hydrogen-bond donors (Lipinski definition) is 2. The number of carbonyl (C=O) groups excluding carboxylic acids is 2. The first-order valence-electron chi connectivity index (χ1n) is 9.88. The van der Waals surface area contributed by atoms with E-state index in [2.05, 4.69) is 10.2 Å². The van der Waals surface area contributed by atoms with Crippen molar-refractivity contribution in [2.75, 3.05) is 41.4 Å². The fraction of sp³-hybridized carbons (Fsp3) is 0.409. The number of methoxy groups -OCH3 is 2. The van der Waals surface area contributed by atoms with E-state index in [0.29, 0.717) is 47.1 Å². The number of carbonyl (C=O) groups is 2. The summed E-state index contributed by atoms with van der Waals surface area (Å²) in [6.07, 6.45) is 0. The van der Waals surface area contributed by atoms with Gasteiger partial charge in [0.15, 0.2) is 11.5 Å². The molecule has 9 heteroatoms. The Balaban J connectivity index is 2.28. The molecular weight excluding hydrogens is 400 g/mol. The van der Waals surface area contributed by atoms with Crippen molar-refractivity contribution in [1.29, 1.82) is 0 Å². The zero-order chi connectivity index (χ0) is 22.9. The summed E-state index contributed by atoms with van der Waals surface area (Å²) in [5.74, 6) is -0.806. The van der Waals surface area contributed by atoms with Gasteiger partial charge in [-0.25, -0.2) is 0 Å². The van der Waals surface area contributed by atoms with Gasteiger partial charge < -0.3 is 24.4 Å². The summed E-state index contributed by atoms with van der Waals surface area (Å²) in [7, 11) is 6.78. The molecule has 1 fully saturated rings. The van der Waals surface area contributed by atoms with Crippen molar-refractivity contribution in [3.8, 4) is 11.5 Å². The van der Waals surface area contributed by atoms with Gasteiger partial charge in [0.25, 0.3) is 11.7 Å². The first kappa shape index (κ1) is 22.4. The molecule has 1 atom stereocenters. The number of aliphatic hydroxyl groups is 1. The SMILES string of the molecule is COc1cccc([C@@H]2C(=C(O)c3c(C)n[nH]c3C)C(=O)C(=O)N2CCN(C)C)c1OC. The highest BCUT2D eigenvalue weighted by atomic mass is 16.5. The molecule has 0 unspecified atom stereocenters. The van der Waals surface area contributed by atoms with Gasteiger partial charge in [-0.2, -0.15) is 5.10 Å². The number of nitrogens with one attached hydrogen (secondary N) is 1. The third-order valence-electron chi connectivity index (χ3n) is 5.42. The number of ketones is 1. The molecule has 2 aromatic rings. The van der Waals surface area contributed by atoms with Crippen molar-refractivity contribution in [3.63, 3.8) is 0 Å². The molecule has 0 spiro atoms. The summed E-state index contributed by atoms with van der Waals surface area (Å²) >= 11 is 0. The highest BCUT2D eigenvalue weighted by molar-refractivity contribution is 6.46. The van der Waals surface area contributed by atoms with E-state index in [1.807, 2.05) is 19.0 Å². The van der Waals surface area contributed by atoms with Gasteiger partial charge in [0.2, 0.25) is 0 Å². The molecule has 0 saturated carbocycles. The Bertz CT molecular complexity index is 1020. The summed E-state index contributed by atoms with van der Waals surface area (Å²) < 4.78 is 11.0. The molecule has 1 aromatic heterocycles. The monoisotopic (exact) mass is 428 g/mol. The van der Waals surface area contributed by atoms with Crippen LogP contribution in [0.4, 0.5) is 0 Å². The van der Waals surface area contributed by atoms with Gasteiger partial charge in [0.05, 0.1) is 37.1 Å². The summed E-state index contributed by atoms with van der Waals surface area (Å²) in [5, 5.41) is 18.1. The van der Waals surface area contributed by atoms with Crippen molar-refractivity contribution in [1.82, 2.24) is 20.0 Å². The van der Waals surface area contributed by atoms with Gasteiger partial charge in [-0.1, -0.05) is 12.1 Å². The summed E-state index contributed by atoms with van der Waals surface area (Å²) in [6.45, 7) is 4.31. The molecule has 0 aliphatic carbocycles. The summed E-state index contributed by atoms with van der Waals surface area (Å²) in [5.41, 5.74) is 2.11. The molecule has 1 saturated heterocycles. The Morgan fingerprint density at radius 3 is 2.48 bits per heavy atom. The third-order valence-corrected chi connectivity index (χ3v) is 5.42. The zero-order valence-electron chi connectivity index (χ0n) is 18.6. The molecule has 9 nitrogen and oxygen atoms in total. The van der Waals surface area contributed by atoms with E-state index in [0.717, 1.165) is 0 Å². The van der Waals surface area contributed by atoms with Crippen LogP contribution in [-0.4, -0.2) is 78.2 Å². The average Bonchev–Trinajstić information content (AvgIpc) is 3.21. The van der Waals surface area contributed by atoms with E-state index < -0.39 is 17.7 Å². The summed E-state index contributed by atoms with van der Waals surface area (Å²) in [4.78, 5) is 29.5. The van der Waals surface area contributed by atoms with Gasteiger partial charge >= 0.3 is 0 Å². The zero-order valence-corrected chi connectivity index (χ0v) is 18.6. The average molecular weight is 428 g/mol. The van der Waals surface area contributed by atoms with Crippen LogP contribution >= 0.6 is 0 Å². The number of para-hydroxylation sites is 1. The Kier molecular flexibility index (Phi) is 6.35. The fourth-order valence-electron chi connectivity index (χ4n) is 3.90. The number of amides is 1. The molecule has 3 rings (SSSR count). The van der Waals surface area contributed by atoms with Crippen molar-refractivity contribution < 1.29 is 24.2 Å². The molecule has 1 aliphatic rings. The second-order valence-corrected chi connectivity index (χ2v) is 7.69. The van der Waals surface area contributed by atoms with E-state index >= 15 is 0 Å². The van der Waals surface area contributed by atoms with Crippen LogP contribution in [0.15, 0.2) is 23.8 Å². The first-order valence-corrected chi connectivity index (χ1v) is 9.88. The lowest BCUT2D eigenvalue weighted by molar-refractivity contribution is -0.140. The van der Waals surface area contributed by atoms with Gasteiger partial charge in [-0.15, -0.1) is 0 Å². The summed E-state index contributed by atoms with van der Waals surface area (Å²) in [6, 6.07) is 4.43. The number of Topliss-reactive ketones (excluding diaryl/α,β-unsaturated/α-hetero) is 1. The standard InChI is InChI=1S/C22H28N4O5/c1-12-16(13(2)24-23-12)19(27)17-18(14-8-7-9-15(30-5)21(14)31-6)26(11-10-25(3)4)22(29)20(17)28/h7-9,18,27H,10-11H2,1-6H3,(H,23,24)/t18-/m1/s1. The molecule has 1 aliphatic heterocycles. The van der Waals surface area contributed by atoms with Crippen LogP contribution in [0.2, 0.25) is 0 Å². The number of likely N-dealkylation sites (tertiary alicyclic amines) is 1. The number of aromatic nitrogens is 2. The van der Waals surface area contributed by atoms with E-state index in [9.17, 15) is 14.7 Å². The Morgan fingerprint density at radius 1 is 1.23 bits per heavy atom. The molecule has 0 radical (unpaired) electrons. The van der Waals surface area contributed by atoms with Crippen LogP contribution in [0.25, 0.3) is 5.76 Å². The predicted molar refractivity (Wildman–Crippen MR) is 115 cm³/mol. The van der Waals surface area contributed by atoms with E-state index in [1.54, 1.807) is 32.0 Å². The number of likely N-dealkylation sites (N-methyl/N-ethyl adjacent to an activating group) is 1. The molecule has 166 valence electrons. The quantitative estimate of drug-likeness (QED) is 0.395. The third kappa shape index (κ3) is 3.88. The van der Waals surface area contributed by atoms with E-state index in [1.165, 1.54) is 19.1 Å². The van der Waals surface area contributed by atoms with Crippen molar-refractivity contribution in [2.45, 2.75) is 19.9 Å². The first-order chi connectivity index (χ1) is 14.7. The Morgan fingerprint density at radius 2 is 1.94 bits per heavy atom. The smallest absolute Gasteiger partial charge is 0.295 e. The number of aliphatic hydroxyl groups excluding tert-OH is 1. The van der Waals surface area contributed by atoms with Crippen LogP contribution < -0.4 is 9.47 Å². The molecule has 1 aromatic carbocycles. The fourth-order valence-corrected chi connectivity index (χ4v) is 3.90. The second kappa shape index (κ2) is 8.81. The van der Waals surface area contributed by atoms with Crippen molar-refractivity contribution in [2.24, 2.45) is 0 Å². The minimum Gasteiger partial charge on any atom is -0.507 e. The van der Waals surface area contributed by atoms with Gasteiger partial charge in [0, 0.05) is 24.3 Å². The van der Waals surface area contributed by atoms with E-state index in [-0.39, 0.29) is 11.3 Å². The molecule has 2 N–H and O–H groups in total. The van der Waals surface area contributed by atoms with Crippen LogP contribution in [0.1, 0.15) is 28.6 Å². The maximum absolute atomic E-state index is 13.1. The number of H-pyrrole nitrogens is 1. The highest BCUT2D eigenvalue weighted by Crippen LogP contribution is 2.45. The minimum absolute atomic E-state index is 0.00269. The minimum atomic E-state index is -0.835. The van der Waals surface area contributed by atoms with Gasteiger partial charge in [0.1, 0.15) is 5.76 Å². The Labute approximate surface area is 181 Å². The molecule has 0 bridgehead atoms. The lowest BCUT2D eigenvalue weighted by Crippen LogP contribution is -2.35. The Hall–Kier alpha value is -3.33. The lowest BCUT2D eigenvalue weighted by atomic mass is 9.94. The highest BCUT2D eigenvalue weighted by Gasteiger charge is 2.47. The van der Waals surface area contributed by atoms with Crippen LogP contribution in [0.3, 0.4) is 0 Å². The van der Waals surface area contributed by atoms with E-state index in [4.69, 9.17) is 9.47 Å². The largest absolute Gasteiger partial charge is 0.507 e. The maximum Gasteiger partial charge on any atom is 0.295 e. The van der Waals surface area contributed by atoms with Gasteiger partial charge in [-0.05, 0) is 34.0 Å². The number of aromatic amines is 1. The topological polar surface area (TPSA) is 108 Å². The number of benzene rings is 1. The normalized spacial score (nSPS) is 18.2. The second-order valence-electron chi connectivity index (χ2n) is 7.69. The lowest BCUT2D eigenvalue weighted by Gasteiger charge is -2.28.